The molecule has 3 heterocycles. The molecule has 2 aromatic heterocycles. The normalized spacial score (nSPS) is 14.3. The Morgan fingerprint density at radius 1 is 1.16 bits per heavy atom. The van der Waals surface area contributed by atoms with Crippen LogP contribution in [0.15, 0.2) is 96.1 Å². The third-order valence-electron chi connectivity index (χ3n) is 5.31. The first kappa shape index (κ1) is 27.7. The minimum absolute atomic E-state index is 0.212. The lowest BCUT2D eigenvalue weighted by Gasteiger charge is -2.13. The topological polar surface area (TPSA) is 106 Å². The molecule has 0 fully saturated rings. The summed E-state index contributed by atoms with van der Waals surface area (Å²) in [5, 5.41) is 4.34. The number of pyridine rings is 1. The fraction of sp³-hybridized carbons (Fsp3) is 0.115. The number of urea groups is 1. The summed E-state index contributed by atoms with van der Waals surface area (Å²) in [7, 11) is -1.78. The van der Waals surface area contributed by atoms with Gasteiger partial charge in [0, 0.05) is 29.0 Å². The Morgan fingerprint density at radius 2 is 1.89 bits per heavy atom. The van der Waals surface area contributed by atoms with Crippen LogP contribution in [0.2, 0.25) is 0 Å². The molecule has 12 heteroatoms. The average Bonchev–Trinajstić information content (AvgIpc) is 3.38. The second kappa shape index (κ2) is 12.5. The van der Waals surface area contributed by atoms with Crippen molar-refractivity contribution in [2.45, 2.75) is 20.3 Å². The van der Waals surface area contributed by atoms with E-state index < -0.39 is 17.0 Å². The number of oxazole rings is 1. The molecule has 8 nitrogen and oxygen atoms in total. The van der Waals surface area contributed by atoms with E-state index in [1.165, 1.54) is 11.0 Å². The third kappa shape index (κ3) is 6.39. The Balaban J connectivity index is 0.000000786. The molecule has 1 atom stereocenters. The smallest absolute Gasteiger partial charge is 0.331 e. The molecule has 0 saturated heterocycles. The minimum Gasteiger partial charge on any atom is -0.443 e. The predicted octanol–water partition coefficient (Wildman–Crippen LogP) is 7.12. The molecule has 2 N–H and O–H groups in total. The number of hydrogen-bond acceptors (Lipinski definition) is 6. The second-order valence-corrected chi connectivity index (χ2v) is 11.3. The Hall–Kier alpha value is -3.31. The largest absolute Gasteiger partial charge is 0.443 e. The summed E-state index contributed by atoms with van der Waals surface area (Å²) < 4.78 is 22.3. The monoisotopic (exact) mass is 588 g/mol. The van der Waals surface area contributed by atoms with Crippen molar-refractivity contribution in [2.24, 2.45) is 0 Å². The van der Waals surface area contributed by atoms with Crippen molar-refractivity contribution in [3.8, 4) is 5.69 Å². The van der Waals surface area contributed by atoms with Crippen molar-refractivity contribution in [2.75, 3.05) is 5.32 Å². The van der Waals surface area contributed by atoms with E-state index in [2.05, 4.69) is 15.0 Å². The highest BCUT2D eigenvalue weighted by atomic mass is 35.5. The molecule has 0 bridgehead atoms. The fourth-order valence-corrected chi connectivity index (χ4v) is 5.77. The molecule has 38 heavy (non-hydrogen) atoms. The predicted molar refractivity (Wildman–Crippen MR) is 157 cm³/mol. The van der Waals surface area contributed by atoms with E-state index in [9.17, 15) is 13.8 Å². The summed E-state index contributed by atoms with van der Waals surface area (Å²) in [6.07, 6.45) is 9.03. The van der Waals surface area contributed by atoms with Crippen LogP contribution in [0.3, 0.4) is 0 Å². The molecule has 1 aliphatic rings. The molecule has 4 aromatic rings. The summed E-state index contributed by atoms with van der Waals surface area (Å²) in [6, 6.07) is 11.3. The van der Waals surface area contributed by atoms with Crippen molar-refractivity contribution < 1.29 is 13.4 Å². The summed E-state index contributed by atoms with van der Waals surface area (Å²) in [5.74, 6) is 0. The van der Waals surface area contributed by atoms with Gasteiger partial charge in [-0.15, -0.1) is 0 Å². The number of halogens is 2. The molecule has 1 aliphatic heterocycles. The van der Waals surface area contributed by atoms with Gasteiger partial charge in [-0.1, -0.05) is 53.2 Å². The molecule has 196 valence electrons. The van der Waals surface area contributed by atoms with Gasteiger partial charge in [0.1, 0.15) is 5.52 Å². The van der Waals surface area contributed by atoms with Crippen molar-refractivity contribution in [3.63, 3.8) is 0 Å². The lowest BCUT2D eigenvalue weighted by molar-refractivity contribution is 0.257. The summed E-state index contributed by atoms with van der Waals surface area (Å²) in [4.78, 5) is 29.4. The Bertz CT molecular complexity index is 1670. The summed E-state index contributed by atoms with van der Waals surface area (Å²) >= 11 is 12.9. The number of fused-ring (bicyclic) bond motifs is 2. The first-order valence-electron chi connectivity index (χ1n) is 11.3. The lowest BCUT2D eigenvalue weighted by Crippen LogP contribution is -2.30. The Labute approximate surface area is 235 Å². The van der Waals surface area contributed by atoms with E-state index in [0.717, 1.165) is 17.1 Å². The van der Waals surface area contributed by atoms with Gasteiger partial charge in [-0.3, -0.25) is 14.1 Å². The van der Waals surface area contributed by atoms with Crippen LogP contribution in [0.5, 0.6) is 0 Å². The van der Waals surface area contributed by atoms with Crippen molar-refractivity contribution in [3.05, 3.63) is 97.3 Å². The highest BCUT2D eigenvalue weighted by molar-refractivity contribution is 8.19. The summed E-state index contributed by atoms with van der Waals surface area (Å²) in [5.41, 5.74) is 2.08. The number of nitrogens with zero attached hydrogens (tertiary/aromatic N) is 2. The van der Waals surface area contributed by atoms with Gasteiger partial charge in [-0.05, 0) is 61.7 Å². The van der Waals surface area contributed by atoms with Gasteiger partial charge in [0.2, 0.25) is 0 Å². The van der Waals surface area contributed by atoms with Crippen molar-refractivity contribution >= 4 is 79.5 Å². The molecule has 0 spiro atoms. The molecule has 5 rings (SSSR count). The number of rotatable bonds is 4. The summed E-state index contributed by atoms with van der Waals surface area (Å²) in [6.45, 7) is 4.00. The van der Waals surface area contributed by atoms with Crippen molar-refractivity contribution in [1.82, 2.24) is 14.3 Å². The molecule has 0 saturated carbocycles. The number of nitrogens with one attached hydrogen (secondary N) is 2. The number of carbonyl (C=O) groups is 1. The van der Waals surface area contributed by atoms with E-state index in [1.54, 1.807) is 48.7 Å². The van der Waals surface area contributed by atoms with Gasteiger partial charge in [-0.25, -0.2) is 14.0 Å². The van der Waals surface area contributed by atoms with E-state index in [0.29, 0.717) is 47.9 Å². The van der Waals surface area contributed by atoms with Crippen molar-refractivity contribution in [1.29, 1.82) is 0 Å². The highest BCUT2D eigenvalue weighted by Crippen LogP contribution is 2.39. The van der Waals surface area contributed by atoms with Crippen LogP contribution in [0.4, 0.5) is 10.5 Å². The highest BCUT2D eigenvalue weighted by Gasteiger charge is 2.19. The zero-order valence-corrected chi connectivity index (χ0v) is 23.4. The van der Waals surface area contributed by atoms with E-state index in [4.69, 9.17) is 27.6 Å². The van der Waals surface area contributed by atoms with Gasteiger partial charge in [0.05, 0.1) is 14.0 Å². The molecule has 2 amide bonds. The van der Waals surface area contributed by atoms with Crippen LogP contribution in [-0.2, 0) is 11.0 Å². The third-order valence-corrected chi connectivity index (χ3v) is 8.72. The van der Waals surface area contributed by atoms with Crippen LogP contribution in [-0.4, -0.2) is 19.8 Å². The van der Waals surface area contributed by atoms with E-state index >= 15 is 0 Å². The Kier molecular flexibility index (Phi) is 9.11. The van der Waals surface area contributed by atoms with E-state index in [-0.39, 0.29) is 5.56 Å². The van der Waals surface area contributed by atoms with Gasteiger partial charge in [0.25, 0.3) is 5.56 Å². The number of anilines is 1. The molecule has 2 aromatic carbocycles. The first-order chi connectivity index (χ1) is 18.3. The second-order valence-electron chi connectivity index (χ2n) is 7.80. The van der Waals surface area contributed by atoms with Crippen LogP contribution < -0.4 is 15.6 Å². The SMILES string of the molecule is C/C=C\C.O=C(Nc1ccc(-n2ccc3cc4ncoc4cc3c2=O)cc1)NS(=O)C1=CCC(Cl)=C(Cl)S1. The van der Waals surface area contributed by atoms with Crippen LogP contribution >= 0.6 is 35.0 Å². The standard InChI is InChI=1S/C22H14Cl2N4O4S2.C4H8/c23-16-5-6-19(33-20(16)24)34(31)27-22(30)26-13-1-3-14(4-2-13)28-8-7-12-9-17-18(32-11-25-17)10-15(12)21(28)29;1-3-4-2/h1-4,6-11H,5H2,(H2,26,27,30);3-4H,1-2H3/b;4-3-. The number of allylic oxidation sites excluding steroid dienone is 4. The van der Waals surface area contributed by atoms with Crippen LogP contribution in [0, 0.1) is 0 Å². The molecule has 0 radical (unpaired) electrons. The molecular weight excluding hydrogens is 567 g/mol. The van der Waals surface area contributed by atoms with Gasteiger partial charge in [-0.2, -0.15) is 0 Å². The number of amides is 2. The zero-order valence-electron chi connectivity index (χ0n) is 20.2. The number of carbonyl (C=O) groups excluding carboxylic acids is 1. The van der Waals surface area contributed by atoms with Gasteiger partial charge in [0.15, 0.2) is 23.0 Å². The quantitative estimate of drug-likeness (QED) is 0.246. The lowest BCUT2D eigenvalue weighted by atomic mass is 10.1. The van der Waals surface area contributed by atoms with Gasteiger partial charge >= 0.3 is 6.03 Å². The maximum absolute atomic E-state index is 13.0. The zero-order chi connectivity index (χ0) is 27.2. The molecular formula is C26H22Cl2N4O4S2. The molecule has 0 aliphatic carbocycles. The number of aromatic nitrogens is 2. The number of thioether (sulfide) groups is 1. The first-order valence-corrected chi connectivity index (χ1v) is 14.0. The maximum atomic E-state index is 13.0. The van der Waals surface area contributed by atoms with Crippen LogP contribution in [0.25, 0.3) is 27.6 Å². The number of benzene rings is 2. The van der Waals surface area contributed by atoms with Crippen LogP contribution in [0.1, 0.15) is 20.3 Å². The van der Waals surface area contributed by atoms with E-state index in [1.807, 2.05) is 32.1 Å². The average molecular weight is 590 g/mol. The maximum Gasteiger partial charge on any atom is 0.331 e. The molecule has 1 unspecified atom stereocenters. The number of hydrogen-bond donors (Lipinski definition) is 2. The Morgan fingerprint density at radius 3 is 2.58 bits per heavy atom. The van der Waals surface area contributed by atoms with Gasteiger partial charge < -0.3 is 9.73 Å². The minimum atomic E-state index is -1.78. The fourth-order valence-electron chi connectivity index (χ4n) is 3.35.